The number of halogens is 3. The maximum atomic E-state index is 13.4. The lowest BCUT2D eigenvalue weighted by atomic mass is 10.3. The van der Waals surface area contributed by atoms with Gasteiger partial charge in [-0.15, -0.1) is 0 Å². The molecule has 2 aromatic carbocycles. The van der Waals surface area contributed by atoms with E-state index in [0.717, 1.165) is 10.5 Å². The molecule has 21 heavy (non-hydrogen) atoms. The number of hydrogen-bond acceptors (Lipinski definition) is 3. The zero-order valence-electron chi connectivity index (χ0n) is 10.7. The lowest BCUT2D eigenvalue weighted by molar-refractivity contribution is -0.118. The van der Waals surface area contributed by atoms with Crippen LogP contribution in [0.25, 0.3) is 0 Å². The molecule has 0 saturated carbocycles. The van der Waals surface area contributed by atoms with Gasteiger partial charge in [0, 0.05) is 16.2 Å². The van der Waals surface area contributed by atoms with Crippen LogP contribution in [0.1, 0.15) is 0 Å². The van der Waals surface area contributed by atoms with E-state index >= 15 is 0 Å². The summed E-state index contributed by atoms with van der Waals surface area (Å²) in [7, 11) is 0. The van der Waals surface area contributed by atoms with E-state index < -0.39 is 5.82 Å². The molecule has 0 aliphatic heterocycles. The zero-order valence-corrected chi connectivity index (χ0v) is 13.9. The molecule has 4 nitrogen and oxygen atoms in total. The fraction of sp³-hybridized carbons (Fsp3) is 0.0714. The Bertz CT molecular complexity index is 680. The number of nitrogens with one attached hydrogen (secondary N) is 1. The number of hydrogen-bond donors (Lipinski definition) is 2. The number of benzene rings is 2. The minimum absolute atomic E-state index is 0.125. The molecule has 2 rings (SSSR count). The Hall–Kier alpha value is -1.60. The first kappa shape index (κ1) is 15.8. The van der Waals surface area contributed by atoms with Gasteiger partial charge in [-0.25, -0.2) is 4.39 Å². The maximum absolute atomic E-state index is 13.4. The maximum Gasteiger partial charge on any atom is 0.262 e. The molecule has 110 valence electrons. The van der Waals surface area contributed by atoms with Crippen LogP contribution in [0.5, 0.6) is 5.75 Å². The van der Waals surface area contributed by atoms with Crippen LogP contribution >= 0.6 is 31.9 Å². The van der Waals surface area contributed by atoms with Crippen molar-refractivity contribution >= 4 is 49.1 Å². The predicted molar refractivity (Wildman–Crippen MR) is 86.8 cm³/mol. The highest BCUT2D eigenvalue weighted by Gasteiger charge is 2.09. The third-order valence-electron chi connectivity index (χ3n) is 2.52. The second kappa shape index (κ2) is 6.91. The van der Waals surface area contributed by atoms with Crippen LogP contribution in [0.4, 0.5) is 15.8 Å². The summed E-state index contributed by atoms with van der Waals surface area (Å²) >= 11 is 6.32. The molecule has 1 amide bonds. The minimum atomic E-state index is -0.508. The molecule has 0 saturated heterocycles. The number of carbonyl (C=O) groups excluding carboxylic acids is 1. The number of nitrogens with two attached hydrogens (primary N) is 1. The standard InChI is InChI=1S/C14H11Br2FN2O2/c15-8-2-1-3-9(4-8)19-14(20)7-21-13-6-11(17)10(16)5-12(13)18/h1-6H,7,18H2,(H,19,20). The van der Waals surface area contributed by atoms with Crippen molar-refractivity contribution in [3.63, 3.8) is 0 Å². The summed E-state index contributed by atoms with van der Waals surface area (Å²) in [5.74, 6) is -0.748. The molecule has 0 unspecified atom stereocenters. The number of rotatable bonds is 4. The second-order valence-electron chi connectivity index (χ2n) is 4.15. The van der Waals surface area contributed by atoms with E-state index in [2.05, 4.69) is 37.2 Å². The molecule has 0 aliphatic carbocycles. The van der Waals surface area contributed by atoms with Crippen LogP contribution < -0.4 is 15.8 Å². The molecule has 3 N–H and O–H groups in total. The summed E-state index contributed by atoms with van der Waals surface area (Å²) in [5.41, 5.74) is 6.57. The van der Waals surface area contributed by atoms with E-state index in [-0.39, 0.29) is 28.4 Å². The van der Waals surface area contributed by atoms with Gasteiger partial charge < -0.3 is 15.8 Å². The first-order chi connectivity index (χ1) is 9.95. The van der Waals surface area contributed by atoms with Crippen LogP contribution in [0.3, 0.4) is 0 Å². The van der Waals surface area contributed by atoms with Crippen molar-refractivity contribution in [3.8, 4) is 5.75 Å². The molecule has 2 aromatic rings. The quantitative estimate of drug-likeness (QED) is 0.740. The fourth-order valence-corrected chi connectivity index (χ4v) is 2.34. The summed E-state index contributed by atoms with van der Waals surface area (Å²) < 4.78 is 19.7. The van der Waals surface area contributed by atoms with Crippen LogP contribution in [0, 0.1) is 5.82 Å². The minimum Gasteiger partial charge on any atom is -0.481 e. The van der Waals surface area contributed by atoms with Crippen molar-refractivity contribution in [3.05, 3.63) is 51.2 Å². The van der Waals surface area contributed by atoms with Crippen molar-refractivity contribution in [1.29, 1.82) is 0 Å². The Kier molecular flexibility index (Phi) is 5.19. The third-order valence-corrected chi connectivity index (χ3v) is 3.62. The van der Waals surface area contributed by atoms with Crippen molar-refractivity contribution in [1.82, 2.24) is 0 Å². The Morgan fingerprint density at radius 2 is 2.05 bits per heavy atom. The molecule has 0 radical (unpaired) electrons. The molecule has 0 spiro atoms. The number of anilines is 2. The summed E-state index contributed by atoms with van der Waals surface area (Å²) in [5, 5.41) is 2.66. The summed E-state index contributed by atoms with van der Waals surface area (Å²) in [4.78, 5) is 11.8. The number of amides is 1. The first-order valence-electron chi connectivity index (χ1n) is 5.88. The third kappa shape index (κ3) is 4.44. The highest BCUT2D eigenvalue weighted by atomic mass is 79.9. The van der Waals surface area contributed by atoms with E-state index in [0.29, 0.717) is 5.69 Å². The van der Waals surface area contributed by atoms with E-state index in [4.69, 9.17) is 10.5 Å². The zero-order chi connectivity index (χ0) is 15.4. The van der Waals surface area contributed by atoms with Crippen molar-refractivity contribution in [2.24, 2.45) is 0 Å². The van der Waals surface area contributed by atoms with Crippen molar-refractivity contribution in [2.75, 3.05) is 17.7 Å². The lowest BCUT2D eigenvalue weighted by Gasteiger charge is -2.10. The fourth-order valence-electron chi connectivity index (χ4n) is 1.58. The molecule has 0 heterocycles. The Morgan fingerprint density at radius 1 is 1.29 bits per heavy atom. The lowest BCUT2D eigenvalue weighted by Crippen LogP contribution is -2.20. The van der Waals surface area contributed by atoms with Gasteiger partial charge in [0.15, 0.2) is 6.61 Å². The predicted octanol–water partition coefficient (Wildman–Crippen LogP) is 3.95. The van der Waals surface area contributed by atoms with Gasteiger partial charge in [-0.3, -0.25) is 4.79 Å². The van der Waals surface area contributed by atoms with E-state index in [1.807, 2.05) is 6.07 Å². The van der Waals surface area contributed by atoms with Gasteiger partial charge in [0.25, 0.3) is 5.91 Å². The van der Waals surface area contributed by atoms with E-state index in [1.54, 1.807) is 18.2 Å². The SMILES string of the molecule is Nc1cc(Br)c(F)cc1OCC(=O)Nc1cccc(Br)c1. The molecule has 0 fully saturated rings. The first-order valence-corrected chi connectivity index (χ1v) is 7.47. The molecule has 0 aromatic heterocycles. The normalized spacial score (nSPS) is 10.2. The Labute approximate surface area is 137 Å². The molecule has 0 atom stereocenters. The van der Waals surface area contributed by atoms with Crippen LogP contribution in [0.2, 0.25) is 0 Å². The van der Waals surface area contributed by atoms with E-state index in [9.17, 15) is 9.18 Å². The number of carbonyl (C=O) groups is 1. The smallest absolute Gasteiger partial charge is 0.262 e. The van der Waals surface area contributed by atoms with Gasteiger partial charge >= 0.3 is 0 Å². The average Bonchev–Trinajstić information content (AvgIpc) is 2.41. The Morgan fingerprint density at radius 3 is 2.76 bits per heavy atom. The second-order valence-corrected chi connectivity index (χ2v) is 5.92. The topological polar surface area (TPSA) is 64.3 Å². The number of ether oxygens (including phenoxy) is 1. The van der Waals surface area contributed by atoms with Gasteiger partial charge in [-0.2, -0.15) is 0 Å². The largest absolute Gasteiger partial charge is 0.481 e. The van der Waals surface area contributed by atoms with Gasteiger partial charge in [-0.05, 0) is 40.2 Å². The monoisotopic (exact) mass is 416 g/mol. The molecular weight excluding hydrogens is 407 g/mol. The van der Waals surface area contributed by atoms with Crippen LogP contribution in [-0.2, 0) is 4.79 Å². The Balaban J connectivity index is 1.97. The van der Waals surface area contributed by atoms with E-state index in [1.165, 1.54) is 6.07 Å². The molecule has 7 heteroatoms. The molecular formula is C14H11Br2FN2O2. The van der Waals surface area contributed by atoms with Gasteiger partial charge in [0.1, 0.15) is 11.6 Å². The highest BCUT2D eigenvalue weighted by molar-refractivity contribution is 9.10. The molecule has 0 bridgehead atoms. The van der Waals surface area contributed by atoms with Crippen LogP contribution in [0.15, 0.2) is 45.3 Å². The molecule has 0 aliphatic rings. The summed E-state index contributed by atoms with van der Waals surface area (Å²) in [6, 6.07) is 9.66. The summed E-state index contributed by atoms with van der Waals surface area (Å²) in [6.45, 7) is -0.266. The van der Waals surface area contributed by atoms with Crippen molar-refractivity contribution < 1.29 is 13.9 Å². The van der Waals surface area contributed by atoms with Gasteiger partial charge in [0.2, 0.25) is 0 Å². The highest BCUT2D eigenvalue weighted by Crippen LogP contribution is 2.28. The van der Waals surface area contributed by atoms with Crippen molar-refractivity contribution in [2.45, 2.75) is 0 Å². The average molecular weight is 418 g/mol. The summed E-state index contributed by atoms with van der Waals surface area (Å²) in [6.07, 6.45) is 0. The number of nitrogen functional groups attached to an aromatic ring is 1. The van der Waals surface area contributed by atoms with Gasteiger partial charge in [0.05, 0.1) is 10.2 Å². The van der Waals surface area contributed by atoms with Gasteiger partial charge in [-0.1, -0.05) is 22.0 Å². The van der Waals surface area contributed by atoms with Crippen LogP contribution in [-0.4, -0.2) is 12.5 Å².